The van der Waals surface area contributed by atoms with Crippen LogP contribution in [0.5, 0.6) is 11.5 Å². The zero-order valence-electron chi connectivity index (χ0n) is 17.6. The molecule has 2 aromatic carbocycles. The van der Waals surface area contributed by atoms with E-state index in [0.29, 0.717) is 35.2 Å². The summed E-state index contributed by atoms with van der Waals surface area (Å²) in [6, 6.07) is 16.4. The topological polar surface area (TPSA) is 96.0 Å². The van der Waals surface area contributed by atoms with E-state index >= 15 is 0 Å². The van der Waals surface area contributed by atoms with E-state index in [9.17, 15) is 9.59 Å². The molecule has 2 amide bonds. The number of nitrogens with zero attached hydrogens (tertiary/aromatic N) is 2. The van der Waals surface area contributed by atoms with Gasteiger partial charge in [0.1, 0.15) is 5.69 Å². The van der Waals surface area contributed by atoms with Gasteiger partial charge >= 0.3 is 5.24 Å². The first-order chi connectivity index (χ1) is 15.6. The Kier molecular flexibility index (Phi) is 6.46. The Morgan fingerprint density at radius 3 is 2.59 bits per heavy atom. The number of methoxy groups -OCH3 is 2. The number of carbonyl (C=O) groups excluding carboxylic acids is 2. The van der Waals surface area contributed by atoms with Gasteiger partial charge in [-0.2, -0.15) is 5.10 Å². The first-order valence-corrected chi connectivity index (χ1v) is 10.8. The number of rotatable bonds is 7. The molecular weight excluding hydrogens is 428 g/mol. The summed E-state index contributed by atoms with van der Waals surface area (Å²) in [7, 11) is 3.17. The number of thioether (sulfide) groups is 1. The lowest BCUT2D eigenvalue weighted by atomic mass is 10.1. The Hall–Kier alpha value is -3.72. The van der Waals surface area contributed by atoms with Gasteiger partial charge in [-0.05, 0) is 48.0 Å². The number of hydrogen-bond donors (Lipinski definition) is 2. The van der Waals surface area contributed by atoms with Crippen molar-refractivity contribution in [1.29, 1.82) is 0 Å². The Morgan fingerprint density at radius 2 is 1.91 bits per heavy atom. The van der Waals surface area contributed by atoms with Crippen molar-refractivity contribution in [3.63, 3.8) is 0 Å². The highest BCUT2D eigenvalue weighted by Gasteiger charge is 2.23. The molecule has 1 aromatic heterocycles. The van der Waals surface area contributed by atoms with Gasteiger partial charge in [-0.1, -0.05) is 23.9 Å². The van der Waals surface area contributed by atoms with E-state index in [4.69, 9.17) is 9.47 Å². The van der Waals surface area contributed by atoms with Gasteiger partial charge in [0.25, 0.3) is 5.91 Å². The summed E-state index contributed by atoms with van der Waals surface area (Å²) in [4.78, 5) is 27.4. The van der Waals surface area contributed by atoms with Gasteiger partial charge < -0.3 is 19.8 Å². The third-order valence-corrected chi connectivity index (χ3v) is 5.76. The lowest BCUT2D eigenvalue weighted by molar-refractivity contribution is 0.102. The van der Waals surface area contributed by atoms with Gasteiger partial charge in [0.05, 0.1) is 26.5 Å². The summed E-state index contributed by atoms with van der Waals surface area (Å²) < 4.78 is 10.7. The number of carbonyl (C=O) groups is 2. The van der Waals surface area contributed by atoms with E-state index < -0.39 is 0 Å². The minimum absolute atomic E-state index is 0.113. The quantitative estimate of drug-likeness (QED) is 0.558. The summed E-state index contributed by atoms with van der Waals surface area (Å²) in [5.74, 6) is 1.51. The standard InChI is InChI=1S/C23H22N4O4S/c1-30-20-10-7-16(12-21(20)31-2)19-14-32-23(29)27(26-19)13-15-5-8-17(9-6-15)25-22(28)18-4-3-11-24-18/h3-12,24H,13-14H2,1-2H3,(H,25,28). The van der Waals surface area contributed by atoms with Crippen LogP contribution in [0.4, 0.5) is 10.5 Å². The second-order valence-electron chi connectivity index (χ2n) is 6.96. The lowest BCUT2D eigenvalue weighted by Crippen LogP contribution is -2.29. The van der Waals surface area contributed by atoms with Gasteiger partial charge in [0.2, 0.25) is 0 Å². The highest BCUT2D eigenvalue weighted by molar-refractivity contribution is 8.14. The molecule has 0 spiro atoms. The number of anilines is 1. The molecule has 32 heavy (non-hydrogen) atoms. The minimum atomic E-state index is -0.213. The van der Waals surface area contributed by atoms with Gasteiger partial charge in [-0.15, -0.1) is 0 Å². The summed E-state index contributed by atoms with van der Waals surface area (Å²) in [5.41, 5.74) is 3.71. The molecule has 0 saturated carbocycles. The molecular formula is C23H22N4O4S. The van der Waals surface area contributed by atoms with Crippen molar-refractivity contribution in [2.45, 2.75) is 6.54 Å². The van der Waals surface area contributed by atoms with Gasteiger partial charge in [-0.3, -0.25) is 9.59 Å². The summed E-state index contributed by atoms with van der Waals surface area (Å²) in [5, 5.41) is 8.74. The van der Waals surface area contributed by atoms with Crippen LogP contribution in [0.3, 0.4) is 0 Å². The van der Waals surface area contributed by atoms with Crippen LogP contribution in [0, 0.1) is 0 Å². The zero-order valence-corrected chi connectivity index (χ0v) is 18.4. The van der Waals surface area contributed by atoms with Crippen LogP contribution in [0.15, 0.2) is 65.9 Å². The molecule has 2 heterocycles. The summed E-state index contributed by atoms with van der Waals surface area (Å²) in [6.07, 6.45) is 1.70. The van der Waals surface area contributed by atoms with E-state index in [1.54, 1.807) is 44.7 Å². The predicted octanol–water partition coefficient (Wildman–Crippen LogP) is 4.36. The SMILES string of the molecule is COc1ccc(C2=NN(Cc3ccc(NC(=O)c4ccc[nH]4)cc3)C(=O)SC2)cc1OC. The Labute approximate surface area is 189 Å². The molecule has 1 aliphatic heterocycles. The van der Waals surface area contributed by atoms with Crippen molar-refractivity contribution in [2.24, 2.45) is 5.10 Å². The third-order valence-electron chi connectivity index (χ3n) is 4.89. The molecule has 0 aliphatic carbocycles. The Balaban J connectivity index is 1.47. The molecule has 3 aromatic rings. The van der Waals surface area contributed by atoms with E-state index in [1.807, 2.05) is 30.3 Å². The summed E-state index contributed by atoms with van der Waals surface area (Å²) in [6.45, 7) is 0.327. The molecule has 0 bridgehead atoms. The van der Waals surface area contributed by atoms with Crippen molar-refractivity contribution in [1.82, 2.24) is 9.99 Å². The fraction of sp³-hybridized carbons (Fsp3) is 0.174. The van der Waals surface area contributed by atoms with Crippen molar-refractivity contribution >= 4 is 34.3 Å². The number of aromatic amines is 1. The maximum atomic E-state index is 12.4. The molecule has 2 N–H and O–H groups in total. The monoisotopic (exact) mass is 450 g/mol. The van der Waals surface area contributed by atoms with Gasteiger partial charge in [-0.25, -0.2) is 5.01 Å². The predicted molar refractivity (Wildman–Crippen MR) is 125 cm³/mol. The largest absolute Gasteiger partial charge is 0.493 e. The van der Waals surface area contributed by atoms with Gasteiger partial charge in [0, 0.05) is 23.2 Å². The van der Waals surface area contributed by atoms with E-state index in [0.717, 1.165) is 16.8 Å². The van der Waals surface area contributed by atoms with Crippen LogP contribution >= 0.6 is 11.8 Å². The minimum Gasteiger partial charge on any atom is -0.493 e. The van der Waals surface area contributed by atoms with E-state index in [2.05, 4.69) is 15.4 Å². The van der Waals surface area contributed by atoms with Crippen LogP contribution in [0.1, 0.15) is 21.6 Å². The van der Waals surface area contributed by atoms with E-state index in [1.165, 1.54) is 16.8 Å². The van der Waals surface area contributed by atoms with Crippen molar-refractivity contribution in [2.75, 3.05) is 25.3 Å². The maximum Gasteiger partial charge on any atom is 0.302 e. The molecule has 9 heteroatoms. The van der Waals surface area contributed by atoms with Crippen LogP contribution in [-0.4, -0.2) is 46.8 Å². The second-order valence-corrected chi connectivity index (χ2v) is 7.89. The molecule has 0 atom stereocenters. The first kappa shape index (κ1) is 21.5. The number of amides is 2. The number of hydrazone groups is 1. The van der Waals surface area contributed by atoms with E-state index in [-0.39, 0.29) is 11.1 Å². The maximum absolute atomic E-state index is 12.4. The first-order valence-electron chi connectivity index (χ1n) is 9.85. The lowest BCUT2D eigenvalue weighted by Gasteiger charge is -2.23. The van der Waals surface area contributed by atoms with Gasteiger partial charge in [0.15, 0.2) is 11.5 Å². The molecule has 0 saturated heterocycles. The average molecular weight is 451 g/mol. The zero-order chi connectivity index (χ0) is 22.5. The highest BCUT2D eigenvalue weighted by Crippen LogP contribution is 2.30. The average Bonchev–Trinajstić information content (AvgIpc) is 3.36. The molecule has 0 unspecified atom stereocenters. The fourth-order valence-corrected chi connectivity index (χ4v) is 3.95. The second kappa shape index (κ2) is 9.61. The van der Waals surface area contributed by atoms with Crippen molar-refractivity contribution in [3.8, 4) is 11.5 Å². The number of aromatic nitrogens is 1. The molecule has 8 nitrogen and oxygen atoms in total. The number of H-pyrrole nitrogens is 1. The molecule has 0 radical (unpaired) electrons. The van der Waals surface area contributed by atoms with Crippen LogP contribution in [0.25, 0.3) is 0 Å². The van der Waals surface area contributed by atoms with Crippen molar-refractivity contribution in [3.05, 3.63) is 77.6 Å². The van der Waals surface area contributed by atoms with Crippen LogP contribution in [-0.2, 0) is 6.54 Å². The molecule has 0 fully saturated rings. The Morgan fingerprint density at radius 1 is 1.12 bits per heavy atom. The number of hydrogen-bond acceptors (Lipinski definition) is 6. The number of nitrogens with one attached hydrogen (secondary N) is 2. The number of ether oxygens (including phenoxy) is 2. The summed E-state index contributed by atoms with van der Waals surface area (Å²) >= 11 is 1.21. The normalized spacial score (nSPS) is 13.5. The Bertz CT molecular complexity index is 1140. The van der Waals surface area contributed by atoms with Crippen LogP contribution < -0.4 is 14.8 Å². The van der Waals surface area contributed by atoms with Crippen molar-refractivity contribution < 1.29 is 19.1 Å². The fourth-order valence-electron chi connectivity index (χ4n) is 3.21. The van der Waals surface area contributed by atoms with Crippen LogP contribution in [0.2, 0.25) is 0 Å². The highest BCUT2D eigenvalue weighted by atomic mass is 32.2. The molecule has 4 rings (SSSR count). The third kappa shape index (κ3) is 4.78. The number of benzene rings is 2. The smallest absolute Gasteiger partial charge is 0.302 e. The molecule has 164 valence electrons. The molecule has 1 aliphatic rings.